The molecular formula is C15H16N2O2. The number of rotatable bonds is 3. The van der Waals surface area contributed by atoms with Crippen molar-refractivity contribution in [1.29, 1.82) is 0 Å². The van der Waals surface area contributed by atoms with Gasteiger partial charge in [-0.3, -0.25) is 9.59 Å². The molecule has 0 aliphatic heterocycles. The van der Waals surface area contributed by atoms with E-state index >= 15 is 0 Å². The summed E-state index contributed by atoms with van der Waals surface area (Å²) in [5, 5.41) is 2.84. The lowest BCUT2D eigenvalue weighted by Gasteiger charge is -2.14. The van der Waals surface area contributed by atoms with Crippen molar-refractivity contribution >= 4 is 5.91 Å². The predicted molar refractivity (Wildman–Crippen MR) is 74.1 cm³/mol. The summed E-state index contributed by atoms with van der Waals surface area (Å²) in [6.45, 7) is 3.64. The van der Waals surface area contributed by atoms with Gasteiger partial charge in [0.1, 0.15) is 5.56 Å². The van der Waals surface area contributed by atoms with Crippen LogP contribution in [-0.4, -0.2) is 10.9 Å². The zero-order chi connectivity index (χ0) is 13.8. The molecule has 1 heterocycles. The van der Waals surface area contributed by atoms with E-state index in [2.05, 4.69) is 10.3 Å². The maximum Gasteiger partial charge on any atom is 0.261 e. The third-order valence-corrected chi connectivity index (χ3v) is 3.04. The topological polar surface area (TPSA) is 62.0 Å². The maximum absolute atomic E-state index is 12.1. The molecule has 0 aliphatic rings. The summed E-state index contributed by atoms with van der Waals surface area (Å²) in [4.78, 5) is 26.3. The lowest BCUT2D eigenvalue weighted by molar-refractivity contribution is 0.0937. The van der Waals surface area contributed by atoms with Crippen LogP contribution in [-0.2, 0) is 0 Å². The average Bonchev–Trinajstić information content (AvgIpc) is 2.39. The fraction of sp³-hybridized carbons (Fsp3) is 0.200. The Bertz CT molecular complexity index is 632. The quantitative estimate of drug-likeness (QED) is 0.884. The van der Waals surface area contributed by atoms with Crippen molar-refractivity contribution in [3.8, 4) is 0 Å². The van der Waals surface area contributed by atoms with Crippen molar-refractivity contribution in [2.24, 2.45) is 0 Å². The van der Waals surface area contributed by atoms with Crippen LogP contribution in [0.25, 0.3) is 0 Å². The molecule has 0 fully saturated rings. The molecular weight excluding hydrogens is 240 g/mol. The van der Waals surface area contributed by atoms with Crippen molar-refractivity contribution in [3.05, 3.63) is 69.6 Å². The fourth-order valence-electron chi connectivity index (χ4n) is 1.95. The first-order valence-corrected chi connectivity index (χ1v) is 6.13. The molecule has 0 spiro atoms. The minimum Gasteiger partial charge on any atom is -0.345 e. The van der Waals surface area contributed by atoms with Crippen LogP contribution in [0, 0.1) is 6.92 Å². The number of hydrogen-bond donors (Lipinski definition) is 2. The van der Waals surface area contributed by atoms with E-state index in [1.807, 2.05) is 37.3 Å². The number of amides is 1. The van der Waals surface area contributed by atoms with E-state index in [1.165, 1.54) is 6.20 Å². The number of carbonyl (C=O) groups excluding carboxylic acids is 1. The molecule has 19 heavy (non-hydrogen) atoms. The highest BCUT2D eigenvalue weighted by Gasteiger charge is 2.16. The summed E-state index contributed by atoms with van der Waals surface area (Å²) >= 11 is 0. The summed E-state index contributed by atoms with van der Waals surface area (Å²) in [6.07, 6.45) is 1.54. The van der Waals surface area contributed by atoms with Crippen molar-refractivity contribution < 1.29 is 4.79 Å². The van der Waals surface area contributed by atoms with E-state index in [0.29, 0.717) is 5.56 Å². The van der Waals surface area contributed by atoms with Gasteiger partial charge < -0.3 is 10.3 Å². The molecule has 1 aromatic carbocycles. The number of benzene rings is 1. The van der Waals surface area contributed by atoms with Crippen LogP contribution < -0.4 is 10.9 Å². The second-order valence-corrected chi connectivity index (χ2v) is 4.47. The standard InChI is InChI=1S/C15H16N2O2/c1-10-8-9-16-14(18)13(10)15(19)17-11(2)12-6-4-3-5-7-12/h3-9,11H,1-2H3,(H,16,18)(H,17,19). The third-order valence-electron chi connectivity index (χ3n) is 3.04. The molecule has 0 saturated heterocycles. The van der Waals surface area contributed by atoms with Crippen LogP contribution in [0.1, 0.15) is 34.5 Å². The van der Waals surface area contributed by atoms with Crippen molar-refractivity contribution in [2.45, 2.75) is 19.9 Å². The second-order valence-electron chi connectivity index (χ2n) is 4.47. The van der Waals surface area contributed by atoms with Gasteiger partial charge in [-0.1, -0.05) is 30.3 Å². The number of aryl methyl sites for hydroxylation is 1. The van der Waals surface area contributed by atoms with Crippen molar-refractivity contribution in [2.75, 3.05) is 0 Å². The van der Waals surface area contributed by atoms with Gasteiger partial charge >= 0.3 is 0 Å². The van der Waals surface area contributed by atoms with E-state index in [9.17, 15) is 9.59 Å². The summed E-state index contributed by atoms with van der Waals surface area (Å²) in [6, 6.07) is 11.2. The number of pyridine rings is 1. The minimum atomic E-state index is -0.363. The number of carbonyl (C=O) groups is 1. The number of aromatic amines is 1. The SMILES string of the molecule is Cc1cc[nH]c(=O)c1C(=O)NC(C)c1ccccc1. The van der Waals surface area contributed by atoms with Gasteiger partial charge in [0.15, 0.2) is 0 Å². The van der Waals surface area contributed by atoms with E-state index in [-0.39, 0.29) is 23.1 Å². The average molecular weight is 256 g/mol. The minimum absolute atomic E-state index is 0.146. The van der Waals surface area contributed by atoms with Gasteiger partial charge in [-0.05, 0) is 31.0 Å². The first-order valence-electron chi connectivity index (χ1n) is 6.13. The van der Waals surface area contributed by atoms with E-state index < -0.39 is 0 Å². The van der Waals surface area contributed by atoms with Crippen LogP contribution in [0.5, 0.6) is 0 Å². The maximum atomic E-state index is 12.1. The van der Waals surface area contributed by atoms with Crippen LogP contribution >= 0.6 is 0 Å². The Morgan fingerprint density at radius 2 is 1.89 bits per heavy atom. The molecule has 1 unspecified atom stereocenters. The molecule has 1 amide bonds. The Morgan fingerprint density at radius 3 is 2.53 bits per heavy atom. The Morgan fingerprint density at radius 1 is 1.21 bits per heavy atom. The van der Waals surface area contributed by atoms with E-state index in [1.54, 1.807) is 13.0 Å². The molecule has 0 aliphatic carbocycles. The van der Waals surface area contributed by atoms with Gasteiger partial charge in [-0.15, -0.1) is 0 Å². The fourth-order valence-corrected chi connectivity index (χ4v) is 1.95. The lowest BCUT2D eigenvalue weighted by Crippen LogP contribution is -2.32. The molecule has 4 nitrogen and oxygen atoms in total. The molecule has 2 rings (SSSR count). The van der Waals surface area contributed by atoms with Crippen LogP contribution in [0.4, 0.5) is 0 Å². The highest BCUT2D eigenvalue weighted by Crippen LogP contribution is 2.12. The molecule has 1 aromatic heterocycles. The van der Waals surface area contributed by atoms with Gasteiger partial charge in [0.25, 0.3) is 11.5 Å². The van der Waals surface area contributed by atoms with Gasteiger partial charge in [0.2, 0.25) is 0 Å². The predicted octanol–water partition coefficient (Wildman–Crippen LogP) is 2.17. The molecule has 4 heteroatoms. The largest absolute Gasteiger partial charge is 0.345 e. The Labute approximate surface area is 111 Å². The molecule has 2 N–H and O–H groups in total. The summed E-state index contributed by atoms with van der Waals surface area (Å²) in [5.41, 5.74) is 1.48. The highest BCUT2D eigenvalue weighted by atomic mass is 16.2. The third kappa shape index (κ3) is 2.91. The molecule has 98 valence electrons. The van der Waals surface area contributed by atoms with Crippen molar-refractivity contribution in [1.82, 2.24) is 10.3 Å². The summed E-state index contributed by atoms with van der Waals surface area (Å²) in [5.74, 6) is -0.351. The van der Waals surface area contributed by atoms with E-state index in [0.717, 1.165) is 5.56 Å². The number of nitrogens with one attached hydrogen (secondary N) is 2. The molecule has 0 radical (unpaired) electrons. The number of H-pyrrole nitrogens is 1. The molecule has 1 atom stereocenters. The number of hydrogen-bond acceptors (Lipinski definition) is 2. The summed E-state index contributed by atoms with van der Waals surface area (Å²) in [7, 11) is 0. The first kappa shape index (κ1) is 13.1. The van der Waals surface area contributed by atoms with Gasteiger partial charge in [-0.25, -0.2) is 0 Å². The van der Waals surface area contributed by atoms with Crippen LogP contribution in [0.15, 0.2) is 47.4 Å². The number of aromatic nitrogens is 1. The zero-order valence-corrected chi connectivity index (χ0v) is 10.9. The highest BCUT2D eigenvalue weighted by molar-refractivity contribution is 5.95. The Balaban J connectivity index is 2.20. The Hall–Kier alpha value is -2.36. The van der Waals surface area contributed by atoms with Crippen molar-refractivity contribution in [3.63, 3.8) is 0 Å². The first-order chi connectivity index (χ1) is 9.09. The Kier molecular flexibility index (Phi) is 3.80. The smallest absolute Gasteiger partial charge is 0.261 e. The molecule has 2 aromatic rings. The van der Waals surface area contributed by atoms with E-state index in [4.69, 9.17) is 0 Å². The molecule has 0 saturated carbocycles. The second kappa shape index (κ2) is 5.52. The normalized spacial score (nSPS) is 11.9. The zero-order valence-electron chi connectivity index (χ0n) is 10.9. The van der Waals surface area contributed by atoms with Crippen LogP contribution in [0.3, 0.4) is 0 Å². The van der Waals surface area contributed by atoms with Crippen LogP contribution in [0.2, 0.25) is 0 Å². The van der Waals surface area contributed by atoms with Gasteiger partial charge in [0.05, 0.1) is 6.04 Å². The van der Waals surface area contributed by atoms with Gasteiger partial charge in [-0.2, -0.15) is 0 Å². The molecule has 0 bridgehead atoms. The van der Waals surface area contributed by atoms with Gasteiger partial charge in [0, 0.05) is 6.20 Å². The lowest BCUT2D eigenvalue weighted by atomic mass is 10.1. The summed E-state index contributed by atoms with van der Waals surface area (Å²) < 4.78 is 0. The monoisotopic (exact) mass is 256 g/mol.